The third-order valence-electron chi connectivity index (χ3n) is 5.18. The molecule has 1 atom stereocenters. The summed E-state index contributed by atoms with van der Waals surface area (Å²) in [6.45, 7) is 6.04. The molecule has 0 radical (unpaired) electrons. The molecule has 0 spiro atoms. The van der Waals surface area contributed by atoms with E-state index in [4.69, 9.17) is 0 Å². The van der Waals surface area contributed by atoms with Crippen molar-refractivity contribution in [3.8, 4) is 0 Å². The summed E-state index contributed by atoms with van der Waals surface area (Å²) < 4.78 is 23.5. The van der Waals surface area contributed by atoms with E-state index >= 15 is 0 Å². The number of sulfone groups is 1. The average molecular weight is 381 g/mol. The lowest BCUT2D eigenvalue weighted by molar-refractivity contribution is -0.133. The van der Waals surface area contributed by atoms with Crippen LogP contribution in [0, 0.1) is 0 Å². The maximum atomic E-state index is 12.7. The maximum absolute atomic E-state index is 12.7. The highest BCUT2D eigenvalue weighted by atomic mass is 32.2. The Labute approximate surface area is 155 Å². The molecule has 1 aromatic heterocycles. The number of carbonyl (C=O) groups is 1. The van der Waals surface area contributed by atoms with E-state index in [1.54, 1.807) is 6.20 Å². The van der Waals surface area contributed by atoms with Gasteiger partial charge in [-0.25, -0.2) is 13.4 Å². The van der Waals surface area contributed by atoms with Gasteiger partial charge in [0, 0.05) is 38.4 Å². The number of hydrogen-bond acceptors (Lipinski definition) is 6. The monoisotopic (exact) mass is 380 g/mol. The molecule has 0 aliphatic carbocycles. The van der Waals surface area contributed by atoms with E-state index in [9.17, 15) is 13.2 Å². The van der Waals surface area contributed by atoms with Gasteiger partial charge in [-0.2, -0.15) is 0 Å². The Morgan fingerprint density at radius 1 is 1.27 bits per heavy atom. The fraction of sp³-hybridized carbons (Fsp3) is 0.667. The van der Waals surface area contributed by atoms with Gasteiger partial charge < -0.3 is 9.80 Å². The van der Waals surface area contributed by atoms with Crippen LogP contribution in [0.3, 0.4) is 0 Å². The molecule has 2 saturated heterocycles. The first-order chi connectivity index (χ1) is 12.5. The second kappa shape index (κ2) is 8.35. The Kier molecular flexibility index (Phi) is 6.13. The Balaban J connectivity index is 1.54. The van der Waals surface area contributed by atoms with Crippen LogP contribution in [0.2, 0.25) is 0 Å². The van der Waals surface area contributed by atoms with Gasteiger partial charge in [-0.3, -0.25) is 9.69 Å². The average Bonchev–Trinajstić information content (AvgIpc) is 3.02. The van der Waals surface area contributed by atoms with Crippen molar-refractivity contribution in [2.24, 2.45) is 0 Å². The molecule has 2 aliphatic rings. The molecule has 7 nitrogen and oxygen atoms in total. The lowest BCUT2D eigenvalue weighted by Crippen LogP contribution is -2.52. The van der Waals surface area contributed by atoms with Crippen molar-refractivity contribution in [1.82, 2.24) is 14.8 Å². The highest BCUT2D eigenvalue weighted by molar-refractivity contribution is 7.91. The first kappa shape index (κ1) is 19.1. The normalized spacial score (nSPS) is 22.8. The maximum Gasteiger partial charge on any atom is 0.236 e. The van der Waals surface area contributed by atoms with E-state index in [1.807, 2.05) is 23.1 Å². The molecule has 1 unspecified atom stereocenters. The summed E-state index contributed by atoms with van der Waals surface area (Å²) in [6, 6.07) is 5.84. The zero-order valence-electron chi connectivity index (χ0n) is 15.4. The number of carbonyl (C=O) groups excluding carboxylic acids is 1. The summed E-state index contributed by atoms with van der Waals surface area (Å²) in [5.74, 6) is 1.48. The van der Waals surface area contributed by atoms with Gasteiger partial charge in [-0.15, -0.1) is 0 Å². The van der Waals surface area contributed by atoms with Crippen molar-refractivity contribution in [1.29, 1.82) is 0 Å². The van der Waals surface area contributed by atoms with Crippen molar-refractivity contribution in [2.45, 2.75) is 25.8 Å². The predicted molar refractivity (Wildman–Crippen MR) is 102 cm³/mol. The smallest absolute Gasteiger partial charge is 0.236 e. The number of amides is 1. The topological polar surface area (TPSA) is 73.8 Å². The first-order valence-corrected chi connectivity index (χ1v) is 11.2. The van der Waals surface area contributed by atoms with Crippen LogP contribution in [-0.2, 0) is 14.6 Å². The summed E-state index contributed by atoms with van der Waals surface area (Å²) >= 11 is 0. The molecular formula is C18H28N4O3S. The van der Waals surface area contributed by atoms with Gasteiger partial charge in [0.2, 0.25) is 5.91 Å². The number of nitrogens with zero attached hydrogens (tertiary/aromatic N) is 4. The molecule has 144 valence electrons. The Hall–Kier alpha value is -1.67. The zero-order chi connectivity index (χ0) is 18.6. The predicted octanol–water partition coefficient (Wildman–Crippen LogP) is 0.629. The second-order valence-electron chi connectivity index (χ2n) is 7.08. The largest absolute Gasteiger partial charge is 0.353 e. The minimum absolute atomic E-state index is 0.0151. The van der Waals surface area contributed by atoms with E-state index in [0.717, 1.165) is 31.9 Å². The molecular weight excluding hydrogens is 352 g/mol. The highest BCUT2D eigenvalue weighted by Crippen LogP contribution is 2.19. The van der Waals surface area contributed by atoms with Crippen LogP contribution >= 0.6 is 0 Å². The van der Waals surface area contributed by atoms with Crippen LogP contribution in [-0.4, -0.2) is 85.9 Å². The van der Waals surface area contributed by atoms with Gasteiger partial charge in [-0.05, 0) is 31.5 Å². The van der Waals surface area contributed by atoms with Crippen molar-refractivity contribution in [3.05, 3.63) is 24.4 Å². The number of rotatable bonds is 6. The Morgan fingerprint density at radius 3 is 2.62 bits per heavy atom. The van der Waals surface area contributed by atoms with Gasteiger partial charge >= 0.3 is 0 Å². The first-order valence-electron chi connectivity index (χ1n) is 9.37. The molecule has 0 saturated carbocycles. The lowest BCUT2D eigenvalue weighted by atomic mass is 10.2. The van der Waals surface area contributed by atoms with Gasteiger partial charge in [0.05, 0.1) is 18.1 Å². The van der Waals surface area contributed by atoms with Gasteiger partial charge in [-0.1, -0.05) is 13.0 Å². The fourth-order valence-corrected chi connectivity index (χ4v) is 5.50. The van der Waals surface area contributed by atoms with E-state index < -0.39 is 9.84 Å². The van der Waals surface area contributed by atoms with Crippen LogP contribution in [0.15, 0.2) is 24.4 Å². The van der Waals surface area contributed by atoms with Gasteiger partial charge in [0.25, 0.3) is 0 Å². The van der Waals surface area contributed by atoms with E-state index in [1.165, 1.54) is 0 Å². The lowest BCUT2D eigenvalue weighted by Gasteiger charge is -2.37. The minimum atomic E-state index is -2.94. The van der Waals surface area contributed by atoms with Crippen molar-refractivity contribution in [3.63, 3.8) is 0 Å². The number of piperazine rings is 1. The molecule has 3 heterocycles. The van der Waals surface area contributed by atoms with Crippen LogP contribution in [0.1, 0.15) is 19.8 Å². The summed E-state index contributed by atoms with van der Waals surface area (Å²) in [7, 11) is -2.94. The summed E-state index contributed by atoms with van der Waals surface area (Å²) in [6.07, 6.45) is 3.34. The molecule has 0 bridgehead atoms. The van der Waals surface area contributed by atoms with Gasteiger partial charge in [0.1, 0.15) is 5.82 Å². The number of anilines is 1. The highest BCUT2D eigenvalue weighted by Gasteiger charge is 2.33. The van der Waals surface area contributed by atoms with Crippen LogP contribution in [0.4, 0.5) is 5.82 Å². The van der Waals surface area contributed by atoms with E-state index in [-0.39, 0.29) is 23.5 Å². The molecule has 2 fully saturated rings. The number of hydrogen-bond donors (Lipinski definition) is 0. The second-order valence-corrected chi connectivity index (χ2v) is 9.31. The Morgan fingerprint density at radius 2 is 2.04 bits per heavy atom. The summed E-state index contributed by atoms with van der Waals surface area (Å²) in [4.78, 5) is 23.3. The molecule has 0 N–H and O–H groups in total. The standard InChI is InChI=1S/C18H28N4O3S/c1-2-8-22(16-6-13-26(24,25)15-16)14-18(23)21-11-9-20(10-12-21)17-5-3-4-7-19-17/h3-5,7,16H,2,6,8-15H2,1H3. The molecule has 2 aliphatic heterocycles. The molecule has 8 heteroatoms. The van der Waals surface area contributed by atoms with Crippen molar-refractivity contribution < 1.29 is 13.2 Å². The molecule has 1 aromatic rings. The van der Waals surface area contributed by atoms with Crippen LogP contribution in [0.25, 0.3) is 0 Å². The zero-order valence-corrected chi connectivity index (χ0v) is 16.2. The van der Waals surface area contributed by atoms with E-state index in [0.29, 0.717) is 26.1 Å². The van der Waals surface area contributed by atoms with Crippen LogP contribution in [0.5, 0.6) is 0 Å². The summed E-state index contributed by atoms with van der Waals surface area (Å²) in [5, 5.41) is 0. The minimum Gasteiger partial charge on any atom is -0.353 e. The van der Waals surface area contributed by atoms with Crippen molar-refractivity contribution in [2.75, 3.05) is 55.7 Å². The molecule has 0 aromatic carbocycles. The SMILES string of the molecule is CCCN(CC(=O)N1CCN(c2ccccn2)CC1)C1CCS(=O)(=O)C1. The number of pyridine rings is 1. The van der Waals surface area contributed by atoms with Crippen molar-refractivity contribution >= 4 is 21.6 Å². The number of aromatic nitrogens is 1. The van der Waals surface area contributed by atoms with Crippen LogP contribution < -0.4 is 4.90 Å². The molecule has 3 rings (SSSR count). The summed E-state index contributed by atoms with van der Waals surface area (Å²) in [5.41, 5.74) is 0. The van der Waals surface area contributed by atoms with Gasteiger partial charge in [0.15, 0.2) is 9.84 Å². The third kappa shape index (κ3) is 4.73. The molecule has 26 heavy (non-hydrogen) atoms. The third-order valence-corrected chi connectivity index (χ3v) is 6.93. The molecule has 1 amide bonds. The van der Waals surface area contributed by atoms with E-state index in [2.05, 4.69) is 21.7 Å². The fourth-order valence-electron chi connectivity index (χ4n) is 3.74. The Bertz CT molecular complexity index is 702. The quantitative estimate of drug-likeness (QED) is 0.721.